The topological polar surface area (TPSA) is 67.4 Å². The second kappa shape index (κ2) is 8.43. The van der Waals surface area contributed by atoms with Gasteiger partial charge in [0.2, 0.25) is 5.91 Å². The van der Waals surface area contributed by atoms with Crippen LogP contribution >= 0.6 is 0 Å². The summed E-state index contributed by atoms with van der Waals surface area (Å²) in [5, 5.41) is 6.34. The van der Waals surface area contributed by atoms with E-state index >= 15 is 0 Å². The molecular formula is C19H30N2O3S. The van der Waals surface area contributed by atoms with Gasteiger partial charge >= 0.3 is 0 Å². The van der Waals surface area contributed by atoms with Gasteiger partial charge in [0.05, 0.1) is 12.0 Å². The first kappa shape index (κ1) is 20.1. The molecule has 6 heteroatoms. The van der Waals surface area contributed by atoms with Crippen LogP contribution in [0.25, 0.3) is 0 Å². The number of carbonyl (C=O) groups is 1. The Kier molecular flexibility index (Phi) is 6.77. The van der Waals surface area contributed by atoms with Crippen LogP contribution in [0.2, 0.25) is 0 Å². The first-order valence-corrected chi connectivity index (χ1v) is 10.1. The summed E-state index contributed by atoms with van der Waals surface area (Å²) < 4.78 is 17.4. The minimum absolute atomic E-state index is 0.00458. The Morgan fingerprint density at radius 3 is 2.60 bits per heavy atom. The van der Waals surface area contributed by atoms with Gasteiger partial charge in [-0.1, -0.05) is 12.1 Å². The molecule has 2 N–H and O–H groups in total. The van der Waals surface area contributed by atoms with Crippen LogP contribution in [0, 0.1) is 5.41 Å². The molecule has 1 unspecified atom stereocenters. The second-order valence-electron chi connectivity index (χ2n) is 7.72. The number of hydrogen-bond acceptors (Lipinski definition) is 4. The van der Waals surface area contributed by atoms with Gasteiger partial charge in [0.1, 0.15) is 0 Å². The number of piperidine rings is 1. The number of ether oxygens (including phenoxy) is 1. The van der Waals surface area contributed by atoms with Crippen molar-refractivity contribution in [2.75, 3.05) is 32.1 Å². The molecule has 1 aromatic rings. The van der Waals surface area contributed by atoms with Gasteiger partial charge in [-0.05, 0) is 64.4 Å². The van der Waals surface area contributed by atoms with Gasteiger partial charge in [0, 0.05) is 34.1 Å². The van der Waals surface area contributed by atoms with Crippen LogP contribution in [-0.2, 0) is 26.1 Å². The largest absolute Gasteiger partial charge is 0.384 e. The molecule has 0 bridgehead atoms. The molecule has 0 spiro atoms. The molecule has 1 aliphatic rings. The van der Waals surface area contributed by atoms with E-state index < -0.39 is 16.2 Å². The summed E-state index contributed by atoms with van der Waals surface area (Å²) in [6.07, 6.45) is 1.53. The molecular weight excluding hydrogens is 336 g/mol. The van der Waals surface area contributed by atoms with Crippen molar-refractivity contribution in [2.45, 2.75) is 44.1 Å². The summed E-state index contributed by atoms with van der Waals surface area (Å²) in [5.74, 6) is 0.491. The summed E-state index contributed by atoms with van der Waals surface area (Å²) in [5.41, 5.74) is 1.24. The number of hydrogen-bond donors (Lipinski definition) is 2. The SMILES string of the molecule is COCC1(C(=O)Nc2cccc(CS(=O)C(C)(C)C)c2)CCNCC1. The fourth-order valence-electron chi connectivity index (χ4n) is 2.99. The third-order valence-corrected chi connectivity index (χ3v) is 6.59. The summed E-state index contributed by atoms with van der Waals surface area (Å²) in [4.78, 5) is 12.9. The van der Waals surface area contributed by atoms with E-state index in [1.165, 1.54) is 0 Å². The molecule has 5 nitrogen and oxygen atoms in total. The zero-order valence-corrected chi connectivity index (χ0v) is 16.5. The van der Waals surface area contributed by atoms with E-state index in [1.807, 2.05) is 45.0 Å². The van der Waals surface area contributed by atoms with Crippen LogP contribution in [0.15, 0.2) is 24.3 Å². The molecule has 1 amide bonds. The van der Waals surface area contributed by atoms with E-state index in [2.05, 4.69) is 10.6 Å². The molecule has 1 aliphatic heterocycles. The Hall–Kier alpha value is -1.24. The van der Waals surface area contributed by atoms with E-state index in [1.54, 1.807) is 7.11 Å². The molecule has 1 aromatic carbocycles. The average Bonchev–Trinajstić information content (AvgIpc) is 2.55. The highest BCUT2D eigenvalue weighted by molar-refractivity contribution is 7.85. The summed E-state index contributed by atoms with van der Waals surface area (Å²) in [6.45, 7) is 7.98. The number of anilines is 1. The van der Waals surface area contributed by atoms with Crippen molar-refractivity contribution in [3.63, 3.8) is 0 Å². The number of benzene rings is 1. The van der Waals surface area contributed by atoms with Crippen molar-refractivity contribution >= 4 is 22.4 Å². The van der Waals surface area contributed by atoms with Gasteiger partial charge in [0.25, 0.3) is 0 Å². The van der Waals surface area contributed by atoms with Crippen LogP contribution < -0.4 is 10.6 Å². The van der Waals surface area contributed by atoms with Gasteiger partial charge in [-0.25, -0.2) is 0 Å². The fraction of sp³-hybridized carbons (Fsp3) is 0.632. The standard InChI is InChI=1S/C19H30N2O3S/c1-18(2,3)25(23)13-15-6-5-7-16(12-15)21-17(22)19(14-24-4)8-10-20-11-9-19/h5-7,12,20H,8-11,13-14H2,1-4H3,(H,21,22). The lowest BCUT2D eigenvalue weighted by Gasteiger charge is -2.35. The van der Waals surface area contributed by atoms with Crippen LogP contribution in [0.1, 0.15) is 39.2 Å². The molecule has 1 saturated heterocycles. The number of methoxy groups -OCH3 is 1. The smallest absolute Gasteiger partial charge is 0.233 e. The summed E-state index contributed by atoms with van der Waals surface area (Å²) in [7, 11) is 0.673. The normalized spacial score (nSPS) is 18.6. The Bertz CT molecular complexity index is 614. The number of carbonyl (C=O) groups excluding carboxylic acids is 1. The predicted molar refractivity (Wildman–Crippen MR) is 103 cm³/mol. The molecule has 0 saturated carbocycles. The first-order valence-electron chi connectivity index (χ1n) is 8.75. The average molecular weight is 367 g/mol. The Morgan fingerprint density at radius 2 is 2.00 bits per heavy atom. The maximum absolute atomic E-state index is 12.9. The van der Waals surface area contributed by atoms with Crippen LogP contribution in [0.4, 0.5) is 5.69 Å². The van der Waals surface area contributed by atoms with Crippen molar-refractivity contribution in [1.29, 1.82) is 0 Å². The first-order chi connectivity index (χ1) is 11.8. The molecule has 0 aromatic heterocycles. The molecule has 25 heavy (non-hydrogen) atoms. The lowest BCUT2D eigenvalue weighted by molar-refractivity contribution is -0.130. The van der Waals surface area contributed by atoms with Crippen molar-refractivity contribution in [1.82, 2.24) is 5.32 Å². The Labute approximate surface area is 153 Å². The highest BCUT2D eigenvalue weighted by Crippen LogP contribution is 2.31. The van der Waals surface area contributed by atoms with Crippen molar-refractivity contribution in [3.8, 4) is 0 Å². The maximum atomic E-state index is 12.9. The highest BCUT2D eigenvalue weighted by atomic mass is 32.2. The van der Waals surface area contributed by atoms with Crippen LogP contribution in [0.3, 0.4) is 0 Å². The van der Waals surface area contributed by atoms with E-state index in [-0.39, 0.29) is 10.7 Å². The molecule has 1 fully saturated rings. The van der Waals surface area contributed by atoms with E-state index in [9.17, 15) is 9.00 Å². The van der Waals surface area contributed by atoms with Crippen molar-refractivity contribution in [2.24, 2.45) is 5.41 Å². The minimum atomic E-state index is -0.966. The van der Waals surface area contributed by atoms with Gasteiger partial charge in [-0.3, -0.25) is 9.00 Å². The van der Waals surface area contributed by atoms with E-state index in [4.69, 9.17) is 4.74 Å². The molecule has 140 valence electrons. The summed E-state index contributed by atoms with van der Waals surface area (Å²) in [6, 6.07) is 7.65. The number of nitrogens with one attached hydrogen (secondary N) is 2. The zero-order chi connectivity index (χ0) is 18.5. The predicted octanol–water partition coefficient (Wildman–Crippen LogP) is 2.69. The molecule has 2 rings (SSSR count). The summed E-state index contributed by atoms with van der Waals surface area (Å²) >= 11 is 0. The third-order valence-electron chi connectivity index (χ3n) is 4.63. The monoisotopic (exact) mass is 366 g/mol. The number of rotatable bonds is 6. The fourth-order valence-corrected chi connectivity index (χ4v) is 3.90. The number of amides is 1. The molecule has 0 radical (unpaired) electrons. The van der Waals surface area contributed by atoms with Crippen LogP contribution in [-0.4, -0.2) is 41.7 Å². The van der Waals surface area contributed by atoms with Gasteiger partial charge in [0.15, 0.2) is 0 Å². The van der Waals surface area contributed by atoms with Crippen LogP contribution in [0.5, 0.6) is 0 Å². The lowest BCUT2D eigenvalue weighted by atomic mass is 9.78. The van der Waals surface area contributed by atoms with Gasteiger partial charge < -0.3 is 15.4 Å². The highest BCUT2D eigenvalue weighted by Gasteiger charge is 2.39. The van der Waals surface area contributed by atoms with E-state index in [0.717, 1.165) is 37.2 Å². The van der Waals surface area contributed by atoms with Gasteiger partial charge in [-0.2, -0.15) is 0 Å². The van der Waals surface area contributed by atoms with Crippen molar-refractivity contribution < 1.29 is 13.7 Å². The molecule has 1 atom stereocenters. The Morgan fingerprint density at radius 1 is 1.32 bits per heavy atom. The zero-order valence-electron chi connectivity index (χ0n) is 15.7. The molecule has 0 aliphatic carbocycles. The lowest BCUT2D eigenvalue weighted by Crippen LogP contribution is -2.47. The van der Waals surface area contributed by atoms with Crippen molar-refractivity contribution in [3.05, 3.63) is 29.8 Å². The van der Waals surface area contributed by atoms with E-state index in [0.29, 0.717) is 12.4 Å². The minimum Gasteiger partial charge on any atom is -0.384 e. The quantitative estimate of drug-likeness (QED) is 0.812. The second-order valence-corrected chi connectivity index (χ2v) is 9.92. The molecule has 1 heterocycles. The van der Waals surface area contributed by atoms with Gasteiger partial charge in [-0.15, -0.1) is 0 Å². The maximum Gasteiger partial charge on any atom is 0.233 e. The third kappa shape index (κ3) is 5.36. The Balaban J connectivity index is 2.10.